The number of nitro benzene ring substituents is 1. The summed E-state index contributed by atoms with van der Waals surface area (Å²) >= 11 is 7.04. The van der Waals surface area contributed by atoms with Crippen LogP contribution in [0.25, 0.3) is 0 Å². The van der Waals surface area contributed by atoms with Crippen molar-refractivity contribution in [3.8, 4) is 5.75 Å². The highest BCUT2D eigenvalue weighted by Crippen LogP contribution is 2.27. The predicted molar refractivity (Wildman–Crippen MR) is 119 cm³/mol. The first kappa shape index (κ1) is 22.6. The molecule has 9 nitrogen and oxygen atoms in total. The van der Waals surface area contributed by atoms with Gasteiger partial charge in [0.15, 0.2) is 5.16 Å². The Morgan fingerprint density at radius 1 is 1.26 bits per heavy atom. The Bertz CT molecular complexity index is 1090. The maximum atomic E-state index is 12.3. The third-order valence-electron chi connectivity index (χ3n) is 4.39. The zero-order valence-corrected chi connectivity index (χ0v) is 18.4. The summed E-state index contributed by atoms with van der Waals surface area (Å²) < 4.78 is 7.13. The first-order valence-electron chi connectivity index (χ1n) is 9.32. The fourth-order valence-electron chi connectivity index (χ4n) is 2.86. The largest absolute Gasteiger partial charge is 0.497 e. The molecule has 0 spiro atoms. The molecular weight excluding hydrogens is 442 g/mol. The van der Waals surface area contributed by atoms with E-state index < -0.39 is 4.92 Å². The van der Waals surface area contributed by atoms with Gasteiger partial charge in [-0.15, -0.1) is 10.2 Å². The molecule has 0 unspecified atom stereocenters. The quantitative estimate of drug-likeness (QED) is 0.289. The summed E-state index contributed by atoms with van der Waals surface area (Å²) in [6, 6.07) is 11.8. The van der Waals surface area contributed by atoms with E-state index in [-0.39, 0.29) is 22.4 Å². The number of nitrogens with one attached hydrogen (secondary N) is 1. The minimum absolute atomic E-state index is 0.0119. The Labute approximate surface area is 187 Å². The Kier molecular flexibility index (Phi) is 7.48. The summed E-state index contributed by atoms with van der Waals surface area (Å²) in [6.45, 7) is 2.64. The van der Waals surface area contributed by atoms with Crippen molar-refractivity contribution in [3.05, 3.63) is 69.0 Å². The number of hydrogen-bond acceptors (Lipinski definition) is 7. The molecule has 0 fully saturated rings. The van der Waals surface area contributed by atoms with E-state index in [1.165, 1.54) is 30.0 Å². The van der Waals surface area contributed by atoms with Gasteiger partial charge in [0.05, 0.1) is 17.8 Å². The fourth-order valence-corrected chi connectivity index (χ4v) is 3.87. The van der Waals surface area contributed by atoms with Gasteiger partial charge in [0.1, 0.15) is 16.6 Å². The number of nitro groups is 1. The third kappa shape index (κ3) is 5.74. The van der Waals surface area contributed by atoms with Crippen LogP contribution >= 0.6 is 23.4 Å². The number of halogens is 1. The lowest BCUT2D eigenvalue weighted by atomic mass is 10.1. The van der Waals surface area contributed by atoms with E-state index in [1.54, 1.807) is 7.11 Å². The average molecular weight is 462 g/mol. The Balaban J connectivity index is 1.63. The molecule has 1 aromatic heterocycles. The first-order chi connectivity index (χ1) is 14.9. The second kappa shape index (κ2) is 10.3. The highest BCUT2D eigenvalue weighted by Gasteiger charge is 2.16. The van der Waals surface area contributed by atoms with Crippen LogP contribution in [0.15, 0.2) is 47.6 Å². The summed E-state index contributed by atoms with van der Waals surface area (Å²) in [5.41, 5.74) is 1.11. The van der Waals surface area contributed by atoms with Crippen LogP contribution in [0.3, 0.4) is 0 Å². The van der Waals surface area contributed by atoms with Crippen molar-refractivity contribution in [1.82, 2.24) is 14.8 Å². The summed E-state index contributed by atoms with van der Waals surface area (Å²) in [5, 5.41) is 22.7. The summed E-state index contributed by atoms with van der Waals surface area (Å²) in [5.74, 6) is 1.35. The topological polar surface area (TPSA) is 112 Å². The summed E-state index contributed by atoms with van der Waals surface area (Å²) in [6.07, 6.45) is 0.603. The molecule has 3 rings (SSSR count). The maximum absolute atomic E-state index is 12.3. The van der Waals surface area contributed by atoms with Gasteiger partial charge >= 0.3 is 0 Å². The average Bonchev–Trinajstić information content (AvgIpc) is 3.15. The zero-order chi connectivity index (χ0) is 22.4. The first-order valence-corrected chi connectivity index (χ1v) is 10.7. The Morgan fingerprint density at radius 3 is 2.65 bits per heavy atom. The zero-order valence-electron chi connectivity index (χ0n) is 16.9. The van der Waals surface area contributed by atoms with Crippen LogP contribution in [0, 0.1) is 10.1 Å². The molecule has 0 radical (unpaired) electrons. The van der Waals surface area contributed by atoms with E-state index in [4.69, 9.17) is 16.3 Å². The van der Waals surface area contributed by atoms with Crippen molar-refractivity contribution >= 4 is 40.6 Å². The number of methoxy groups -OCH3 is 1. The van der Waals surface area contributed by atoms with Crippen molar-refractivity contribution < 1.29 is 14.5 Å². The van der Waals surface area contributed by atoms with Crippen LogP contribution in [0.4, 0.5) is 11.4 Å². The number of hydrogen-bond donors (Lipinski definition) is 1. The van der Waals surface area contributed by atoms with Gasteiger partial charge in [-0.05, 0) is 36.8 Å². The van der Waals surface area contributed by atoms with Crippen molar-refractivity contribution in [2.24, 2.45) is 0 Å². The molecular formula is C20H20ClN5O4S. The molecule has 11 heteroatoms. The molecule has 0 atom stereocenters. The van der Waals surface area contributed by atoms with E-state index in [2.05, 4.69) is 15.5 Å². The number of amides is 1. The van der Waals surface area contributed by atoms with Gasteiger partial charge in [-0.3, -0.25) is 14.9 Å². The second-order valence-corrected chi connectivity index (χ2v) is 7.78. The van der Waals surface area contributed by atoms with E-state index in [9.17, 15) is 14.9 Å². The number of rotatable bonds is 9. The van der Waals surface area contributed by atoms with Crippen LogP contribution in [-0.2, 0) is 17.8 Å². The van der Waals surface area contributed by atoms with Crippen LogP contribution in [-0.4, -0.2) is 38.5 Å². The van der Waals surface area contributed by atoms with Crippen LogP contribution < -0.4 is 10.1 Å². The molecule has 2 aromatic carbocycles. The smallest absolute Gasteiger partial charge is 0.289 e. The lowest BCUT2D eigenvalue weighted by molar-refractivity contribution is -0.384. The highest BCUT2D eigenvalue weighted by atomic mass is 35.5. The van der Waals surface area contributed by atoms with Gasteiger partial charge in [0, 0.05) is 24.7 Å². The molecule has 1 N–H and O–H groups in total. The van der Waals surface area contributed by atoms with E-state index >= 15 is 0 Å². The lowest BCUT2D eigenvalue weighted by Gasteiger charge is -2.08. The summed E-state index contributed by atoms with van der Waals surface area (Å²) in [4.78, 5) is 22.7. The van der Waals surface area contributed by atoms with Gasteiger partial charge < -0.3 is 14.6 Å². The molecule has 162 valence electrons. The Morgan fingerprint density at radius 2 is 2.00 bits per heavy atom. The molecule has 0 aliphatic carbocycles. The molecule has 0 bridgehead atoms. The molecule has 0 aliphatic heterocycles. The number of benzene rings is 2. The van der Waals surface area contributed by atoms with E-state index in [0.717, 1.165) is 17.1 Å². The maximum Gasteiger partial charge on any atom is 0.289 e. The molecule has 31 heavy (non-hydrogen) atoms. The minimum atomic E-state index is -0.596. The third-order valence-corrected chi connectivity index (χ3v) is 5.68. The molecule has 0 aliphatic rings. The van der Waals surface area contributed by atoms with Crippen LogP contribution in [0.5, 0.6) is 5.75 Å². The number of carbonyl (C=O) groups excluding carboxylic acids is 1. The number of nitrogens with zero attached hydrogens (tertiary/aromatic N) is 4. The predicted octanol–water partition coefficient (Wildman–Crippen LogP) is 4.19. The number of ether oxygens (including phenoxy) is 1. The molecule has 1 heterocycles. The van der Waals surface area contributed by atoms with Gasteiger partial charge in [0.25, 0.3) is 5.69 Å². The van der Waals surface area contributed by atoms with Gasteiger partial charge in [-0.1, -0.05) is 35.5 Å². The Hall–Kier alpha value is -3.11. The molecule has 3 aromatic rings. The van der Waals surface area contributed by atoms with Crippen LogP contribution in [0.2, 0.25) is 5.02 Å². The normalized spacial score (nSPS) is 10.7. The van der Waals surface area contributed by atoms with Crippen molar-refractivity contribution in [3.63, 3.8) is 0 Å². The van der Waals surface area contributed by atoms with Crippen molar-refractivity contribution in [1.29, 1.82) is 0 Å². The number of thioether (sulfide) groups is 1. The lowest BCUT2D eigenvalue weighted by Crippen LogP contribution is -2.15. The molecule has 0 saturated carbocycles. The van der Waals surface area contributed by atoms with Crippen LogP contribution in [0.1, 0.15) is 18.3 Å². The SMILES string of the molecule is CCn1c(Cc2ccc(OC)cc2)nnc1SCC(=O)Nc1ccc(Cl)c([N+](=O)[O-])c1. The van der Waals surface area contributed by atoms with Gasteiger partial charge in [-0.25, -0.2) is 0 Å². The second-order valence-electron chi connectivity index (χ2n) is 6.43. The highest BCUT2D eigenvalue weighted by molar-refractivity contribution is 7.99. The number of aromatic nitrogens is 3. The van der Waals surface area contributed by atoms with E-state index in [1.807, 2.05) is 35.8 Å². The molecule has 0 saturated heterocycles. The monoisotopic (exact) mass is 461 g/mol. The standard InChI is InChI=1S/C20H20ClN5O4S/c1-3-25-18(10-13-4-7-15(30-2)8-5-13)23-24-20(25)31-12-19(27)22-14-6-9-16(21)17(11-14)26(28)29/h4-9,11H,3,10,12H2,1-2H3,(H,22,27). The van der Waals surface area contributed by atoms with Gasteiger partial charge in [0.2, 0.25) is 5.91 Å². The number of anilines is 1. The minimum Gasteiger partial charge on any atom is -0.497 e. The molecule has 1 amide bonds. The van der Waals surface area contributed by atoms with Crippen molar-refractivity contribution in [2.75, 3.05) is 18.2 Å². The number of carbonyl (C=O) groups is 1. The fraction of sp³-hybridized carbons (Fsp3) is 0.250. The van der Waals surface area contributed by atoms with Crippen molar-refractivity contribution in [2.45, 2.75) is 25.0 Å². The van der Waals surface area contributed by atoms with E-state index in [0.29, 0.717) is 23.8 Å². The van der Waals surface area contributed by atoms with Gasteiger partial charge in [-0.2, -0.15) is 0 Å². The summed E-state index contributed by atoms with van der Waals surface area (Å²) in [7, 11) is 1.62.